The Morgan fingerprint density at radius 1 is 1.35 bits per heavy atom. The molecule has 1 aromatic rings. The predicted molar refractivity (Wildman–Crippen MR) is 89.1 cm³/mol. The number of likely N-dealkylation sites (N-methyl/N-ethyl adjacent to an activating group) is 1. The second kappa shape index (κ2) is 7.46. The third-order valence-corrected chi connectivity index (χ3v) is 5.27. The molecule has 1 fully saturated rings. The number of hydrogen-bond acceptors (Lipinski definition) is 4. The van der Waals surface area contributed by atoms with Gasteiger partial charge in [0, 0.05) is 30.1 Å². The molecule has 0 aromatic heterocycles. The molecule has 0 bridgehead atoms. The van der Waals surface area contributed by atoms with E-state index in [1.807, 2.05) is 11.8 Å². The summed E-state index contributed by atoms with van der Waals surface area (Å²) in [5.41, 5.74) is 5.79. The molecule has 1 aliphatic rings. The molecule has 1 aliphatic heterocycles. The van der Waals surface area contributed by atoms with Crippen molar-refractivity contribution in [3.8, 4) is 0 Å². The molecule has 2 unspecified atom stereocenters. The van der Waals surface area contributed by atoms with Gasteiger partial charge in [0.25, 0.3) is 0 Å². The number of hydrazine groups is 1. The third kappa shape index (κ3) is 3.98. The van der Waals surface area contributed by atoms with Crippen LogP contribution in [0, 0.1) is 0 Å². The van der Waals surface area contributed by atoms with Gasteiger partial charge in [-0.1, -0.05) is 38.1 Å². The highest BCUT2D eigenvalue weighted by Gasteiger charge is 2.27. The molecular weight excluding hydrogens is 266 g/mol. The SMILES string of the molecule is CC(C)c1ccc(CC(NN)C2CSCCN2C)cc1. The van der Waals surface area contributed by atoms with Crippen LogP contribution in [0.25, 0.3) is 0 Å². The Balaban J connectivity index is 2.01. The van der Waals surface area contributed by atoms with E-state index in [-0.39, 0.29) is 0 Å². The quantitative estimate of drug-likeness (QED) is 0.645. The molecule has 0 spiro atoms. The number of rotatable bonds is 5. The zero-order valence-electron chi connectivity index (χ0n) is 12.8. The van der Waals surface area contributed by atoms with Gasteiger partial charge in [-0.05, 0) is 30.5 Å². The average molecular weight is 293 g/mol. The highest BCUT2D eigenvalue weighted by molar-refractivity contribution is 7.99. The van der Waals surface area contributed by atoms with Gasteiger partial charge in [0.05, 0.1) is 0 Å². The molecule has 2 rings (SSSR count). The highest BCUT2D eigenvalue weighted by atomic mass is 32.2. The fraction of sp³-hybridized carbons (Fsp3) is 0.625. The Morgan fingerprint density at radius 2 is 2.05 bits per heavy atom. The minimum Gasteiger partial charge on any atom is -0.300 e. The van der Waals surface area contributed by atoms with E-state index in [1.165, 1.54) is 16.9 Å². The molecule has 3 N–H and O–H groups in total. The number of nitrogens with one attached hydrogen (secondary N) is 1. The normalized spacial score (nSPS) is 22.1. The van der Waals surface area contributed by atoms with Crippen LogP contribution in [0.15, 0.2) is 24.3 Å². The van der Waals surface area contributed by atoms with Gasteiger partial charge in [-0.15, -0.1) is 0 Å². The highest BCUT2D eigenvalue weighted by Crippen LogP contribution is 2.20. The summed E-state index contributed by atoms with van der Waals surface area (Å²) in [5.74, 6) is 8.79. The number of nitrogens with two attached hydrogens (primary N) is 1. The predicted octanol–water partition coefficient (Wildman–Crippen LogP) is 2.23. The van der Waals surface area contributed by atoms with E-state index in [0.717, 1.165) is 18.7 Å². The van der Waals surface area contributed by atoms with E-state index in [1.54, 1.807) is 0 Å². The first kappa shape index (κ1) is 15.8. The summed E-state index contributed by atoms with van der Waals surface area (Å²) in [5, 5.41) is 0. The van der Waals surface area contributed by atoms with Crippen molar-refractivity contribution >= 4 is 11.8 Å². The maximum absolute atomic E-state index is 5.81. The zero-order chi connectivity index (χ0) is 14.5. The first-order chi connectivity index (χ1) is 9.61. The van der Waals surface area contributed by atoms with Gasteiger partial charge in [0.15, 0.2) is 0 Å². The van der Waals surface area contributed by atoms with Crippen LogP contribution in [-0.4, -0.2) is 42.1 Å². The largest absolute Gasteiger partial charge is 0.300 e. The van der Waals surface area contributed by atoms with Gasteiger partial charge < -0.3 is 4.90 Å². The second-order valence-electron chi connectivity index (χ2n) is 6.00. The lowest BCUT2D eigenvalue weighted by molar-refractivity contribution is 0.214. The molecule has 1 heterocycles. The standard InChI is InChI=1S/C16H27N3S/c1-12(2)14-6-4-13(5-7-14)10-15(18-17)16-11-20-9-8-19(16)3/h4-7,12,15-16,18H,8-11,17H2,1-3H3. The van der Waals surface area contributed by atoms with Crippen LogP contribution in [0.3, 0.4) is 0 Å². The van der Waals surface area contributed by atoms with Crippen molar-refractivity contribution in [3.63, 3.8) is 0 Å². The number of hydrogen-bond donors (Lipinski definition) is 2. The van der Waals surface area contributed by atoms with Crippen LogP contribution in [0.5, 0.6) is 0 Å². The molecule has 0 aliphatic carbocycles. The summed E-state index contributed by atoms with van der Waals surface area (Å²) in [6, 6.07) is 9.81. The van der Waals surface area contributed by atoms with Crippen LogP contribution in [0.1, 0.15) is 30.9 Å². The summed E-state index contributed by atoms with van der Waals surface area (Å²) < 4.78 is 0. The molecule has 0 radical (unpaired) electrons. The Labute approximate surface area is 127 Å². The minimum atomic E-state index is 0.317. The first-order valence-electron chi connectivity index (χ1n) is 7.44. The molecule has 2 atom stereocenters. The van der Waals surface area contributed by atoms with Crippen molar-refractivity contribution < 1.29 is 0 Å². The third-order valence-electron chi connectivity index (χ3n) is 4.22. The number of benzene rings is 1. The van der Waals surface area contributed by atoms with E-state index < -0.39 is 0 Å². The number of nitrogens with zero attached hydrogens (tertiary/aromatic N) is 1. The molecule has 20 heavy (non-hydrogen) atoms. The summed E-state index contributed by atoms with van der Waals surface area (Å²) in [4.78, 5) is 2.43. The zero-order valence-corrected chi connectivity index (χ0v) is 13.6. The Hall–Kier alpha value is -0.550. The summed E-state index contributed by atoms with van der Waals surface area (Å²) in [7, 11) is 2.20. The van der Waals surface area contributed by atoms with E-state index in [0.29, 0.717) is 18.0 Å². The summed E-state index contributed by atoms with van der Waals surface area (Å²) in [6.07, 6.45) is 0.991. The van der Waals surface area contributed by atoms with Crippen molar-refractivity contribution in [3.05, 3.63) is 35.4 Å². The van der Waals surface area contributed by atoms with E-state index in [4.69, 9.17) is 5.84 Å². The number of thioether (sulfide) groups is 1. The van der Waals surface area contributed by atoms with E-state index in [2.05, 4.69) is 55.5 Å². The Bertz CT molecular complexity index is 405. The Morgan fingerprint density at radius 3 is 2.60 bits per heavy atom. The van der Waals surface area contributed by atoms with Crippen LogP contribution >= 0.6 is 11.8 Å². The van der Waals surface area contributed by atoms with Crippen LogP contribution < -0.4 is 11.3 Å². The van der Waals surface area contributed by atoms with Gasteiger partial charge in [0.2, 0.25) is 0 Å². The van der Waals surface area contributed by atoms with E-state index in [9.17, 15) is 0 Å². The molecule has 4 heteroatoms. The van der Waals surface area contributed by atoms with Gasteiger partial charge in [-0.25, -0.2) is 0 Å². The maximum atomic E-state index is 5.81. The Kier molecular flexibility index (Phi) is 5.90. The fourth-order valence-corrected chi connectivity index (χ4v) is 4.04. The van der Waals surface area contributed by atoms with E-state index >= 15 is 0 Å². The minimum absolute atomic E-state index is 0.317. The fourth-order valence-electron chi connectivity index (χ4n) is 2.73. The first-order valence-corrected chi connectivity index (χ1v) is 8.60. The molecule has 0 amide bonds. The smallest absolute Gasteiger partial charge is 0.0414 e. The van der Waals surface area contributed by atoms with Gasteiger partial charge in [-0.3, -0.25) is 11.3 Å². The molecular formula is C16H27N3S. The van der Waals surface area contributed by atoms with Crippen LogP contribution in [0.2, 0.25) is 0 Å². The monoisotopic (exact) mass is 293 g/mol. The van der Waals surface area contributed by atoms with Gasteiger partial charge in [0.1, 0.15) is 0 Å². The second-order valence-corrected chi connectivity index (χ2v) is 7.15. The van der Waals surface area contributed by atoms with Crippen LogP contribution in [0.4, 0.5) is 0 Å². The van der Waals surface area contributed by atoms with Crippen molar-refractivity contribution in [1.29, 1.82) is 0 Å². The molecule has 0 saturated carbocycles. The molecule has 1 aromatic carbocycles. The van der Waals surface area contributed by atoms with Crippen molar-refractivity contribution in [2.45, 2.75) is 38.3 Å². The van der Waals surface area contributed by atoms with Crippen molar-refractivity contribution in [1.82, 2.24) is 10.3 Å². The average Bonchev–Trinajstić information content (AvgIpc) is 2.46. The maximum Gasteiger partial charge on any atom is 0.0414 e. The lowest BCUT2D eigenvalue weighted by atomic mass is 9.96. The summed E-state index contributed by atoms with van der Waals surface area (Å²) >= 11 is 2.03. The molecule has 1 saturated heterocycles. The lowest BCUT2D eigenvalue weighted by Crippen LogP contribution is -2.55. The van der Waals surface area contributed by atoms with Gasteiger partial charge >= 0.3 is 0 Å². The molecule has 112 valence electrons. The van der Waals surface area contributed by atoms with Crippen molar-refractivity contribution in [2.24, 2.45) is 5.84 Å². The topological polar surface area (TPSA) is 41.3 Å². The lowest BCUT2D eigenvalue weighted by Gasteiger charge is -2.37. The van der Waals surface area contributed by atoms with Gasteiger partial charge in [-0.2, -0.15) is 11.8 Å². The van der Waals surface area contributed by atoms with Crippen LogP contribution in [-0.2, 0) is 6.42 Å². The summed E-state index contributed by atoms with van der Waals surface area (Å²) in [6.45, 7) is 5.61. The molecule has 3 nitrogen and oxygen atoms in total. The van der Waals surface area contributed by atoms with Crippen molar-refractivity contribution in [2.75, 3.05) is 25.1 Å².